The predicted molar refractivity (Wildman–Crippen MR) is 71.1 cm³/mol. The second-order valence-corrected chi connectivity index (χ2v) is 6.30. The van der Waals surface area contributed by atoms with Gasteiger partial charge < -0.3 is 10.6 Å². The van der Waals surface area contributed by atoms with Crippen molar-refractivity contribution >= 4 is 5.91 Å². The van der Waals surface area contributed by atoms with Gasteiger partial charge in [-0.15, -0.1) is 0 Å². The first-order chi connectivity index (χ1) is 8.74. The Morgan fingerprint density at radius 3 is 2.50 bits per heavy atom. The molecule has 3 aliphatic rings. The van der Waals surface area contributed by atoms with Gasteiger partial charge in [-0.2, -0.15) is 0 Å². The third kappa shape index (κ3) is 2.69. The standard InChI is InChI=1S/C14H25N3O/c15-13-9-16(8-12(13)11-4-5-11)10-14(18)17-6-2-1-3-7-17/h11-13H,1-10,15H2/t12-,13+/m1/s1. The first-order valence-electron chi connectivity index (χ1n) is 7.50. The lowest BCUT2D eigenvalue weighted by Crippen LogP contribution is -2.42. The maximum Gasteiger partial charge on any atom is 0.236 e. The minimum atomic E-state index is 0.298. The topological polar surface area (TPSA) is 49.6 Å². The average molecular weight is 251 g/mol. The van der Waals surface area contributed by atoms with Gasteiger partial charge in [0.1, 0.15) is 0 Å². The summed E-state index contributed by atoms with van der Waals surface area (Å²) in [6, 6.07) is 0.298. The summed E-state index contributed by atoms with van der Waals surface area (Å²) in [7, 11) is 0. The molecule has 2 heterocycles. The number of likely N-dealkylation sites (tertiary alicyclic amines) is 2. The second-order valence-electron chi connectivity index (χ2n) is 6.30. The highest BCUT2D eigenvalue weighted by atomic mass is 16.2. The van der Waals surface area contributed by atoms with Crippen molar-refractivity contribution in [2.75, 3.05) is 32.7 Å². The van der Waals surface area contributed by atoms with E-state index < -0.39 is 0 Å². The van der Waals surface area contributed by atoms with E-state index in [1.165, 1.54) is 32.1 Å². The van der Waals surface area contributed by atoms with Gasteiger partial charge in [-0.05, 0) is 43.9 Å². The Kier molecular flexibility index (Phi) is 3.57. The van der Waals surface area contributed by atoms with E-state index in [0.717, 1.165) is 32.1 Å². The number of hydrogen-bond donors (Lipinski definition) is 1. The Labute approximate surface area is 109 Å². The zero-order valence-corrected chi connectivity index (χ0v) is 11.2. The normalized spacial score (nSPS) is 33.9. The largest absolute Gasteiger partial charge is 0.342 e. The molecule has 0 radical (unpaired) electrons. The van der Waals surface area contributed by atoms with Gasteiger partial charge in [-0.25, -0.2) is 0 Å². The fourth-order valence-electron chi connectivity index (χ4n) is 3.53. The van der Waals surface area contributed by atoms with Crippen molar-refractivity contribution in [2.24, 2.45) is 17.6 Å². The number of nitrogens with zero attached hydrogens (tertiary/aromatic N) is 2. The van der Waals surface area contributed by atoms with E-state index in [-0.39, 0.29) is 0 Å². The van der Waals surface area contributed by atoms with Gasteiger partial charge in [0.2, 0.25) is 5.91 Å². The van der Waals surface area contributed by atoms with E-state index in [4.69, 9.17) is 5.73 Å². The van der Waals surface area contributed by atoms with Crippen molar-refractivity contribution in [3.63, 3.8) is 0 Å². The third-order valence-electron chi connectivity index (χ3n) is 4.78. The molecule has 2 saturated heterocycles. The molecule has 2 atom stereocenters. The van der Waals surface area contributed by atoms with Crippen molar-refractivity contribution < 1.29 is 4.79 Å². The Morgan fingerprint density at radius 2 is 1.83 bits per heavy atom. The van der Waals surface area contributed by atoms with Crippen molar-refractivity contribution in [1.29, 1.82) is 0 Å². The van der Waals surface area contributed by atoms with E-state index in [2.05, 4.69) is 4.90 Å². The van der Waals surface area contributed by atoms with Gasteiger partial charge in [0.05, 0.1) is 6.54 Å². The fraction of sp³-hybridized carbons (Fsp3) is 0.929. The predicted octanol–water partition coefficient (Wildman–Crippen LogP) is 0.668. The van der Waals surface area contributed by atoms with Gasteiger partial charge in [-0.3, -0.25) is 9.69 Å². The molecule has 0 spiro atoms. The van der Waals surface area contributed by atoms with Crippen LogP contribution in [0.15, 0.2) is 0 Å². The highest BCUT2D eigenvalue weighted by Gasteiger charge is 2.41. The quantitative estimate of drug-likeness (QED) is 0.802. The zero-order valence-electron chi connectivity index (χ0n) is 11.2. The Hall–Kier alpha value is -0.610. The van der Waals surface area contributed by atoms with Crippen LogP contribution in [0.2, 0.25) is 0 Å². The fourth-order valence-corrected chi connectivity index (χ4v) is 3.53. The maximum absolute atomic E-state index is 12.2. The summed E-state index contributed by atoms with van der Waals surface area (Å²) in [5, 5.41) is 0. The van der Waals surface area contributed by atoms with E-state index >= 15 is 0 Å². The van der Waals surface area contributed by atoms with Gasteiger partial charge in [0.15, 0.2) is 0 Å². The molecule has 2 aliphatic heterocycles. The molecule has 2 N–H and O–H groups in total. The van der Waals surface area contributed by atoms with Gasteiger partial charge >= 0.3 is 0 Å². The van der Waals surface area contributed by atoms with Crippen molar-refractivity contribution in [1.82, 2.24) is 9.80 Å². The highest BCUT2D eigenvalue weighted by molar-refractivity contribution is 5.78. The number of carbonyl (C=O) groups is 1. The third-order valence-corrected chi connectivity index (χ3v) is 4.78. The van der Waals surface area contributed by atoms with Gasteiger partial charge in [0.25, 0.3) is 0 Å². The lowest BCUT2D eigenvalue weighted by molar-refractivity contribution is -0.133. The monoisotopic (exact) mass is 251 g/mol. The minimum Gasteiger partial charge on any atom is -0.342 e. The maximum atomic E-state index is 12.2. The Balaban J connectivity index is 1.49. The van der Waals surface area contributed by atoms with Crippen LogP contribution >= 0.6 is 0 Å². The lowest BCUT2D eigenvalue weighted by Gasteiger charge is -2.28. The first-order valence-corrected chi connectivity index (χ1v) is 7.50. The van der Waals surface area contributed by atoms with Crippen LogP contribution in [0, 0.1) is 11.8 Å². The van der Waals surface area contributed by atoms with Crippen LogP contribution in [0.25, 0.3) is 0 Å². The number of hydrogen-bond acceptors (Lipinski definition) is 3. The Bertz CT molecular complexity index is 310. The molecule has 102 valence electrons. The summed E-state index contributed by atoms with van der Waals surface area (Å²) in [6.45, 7) is 4.48. The van der Waals surface area contributed by atoms with Gasteiger partial charge in [-0.1, -0.05) is 0 Å². The second kappa shape index (κ2) is 5.17. The number of carbonyl (C=O) groups excluding carboxylic acids is 1. The molecule has 0 aromatic heterocycles. The van der Waals surface area contributed by atoms with Crippen molar-refractivity contribution in [2.45, 2.75) is 38.1 Å². The molecule has 3 rings (SSSR count). The molecule has 0 aromatic rings. The van der Waals surface area contributed by atoms with Crippen molar-refractivity contribution in [3.8, 4) is 0 Å². The van der Waals surface area contributed by atoms with E-state index in [1.807, 2.05) is 4.90 Å². The molecule has 3 fully saturated rings. The highest BCUT2D eigenvalue weighted by Crippen LogP contribution is 2.40. The van der Waals surface area contributed by atoms with Crippen LogP contribution in [0.5, 0.6) is 0 Å². The Morgan fingerprint density at radius 1 is 1.11 bits per heavy atom. The molecule has 4 heteroatoms. The number of amides is 1. The summed E-state index contributed by atoms with van der Waals surface area (Å²) in [4.78, 5) is 16.5. The lowest BCUT2D eigenvalue weighted by atomic mass is 9.99. The smallest absolute Gasteiger partial charge is 0.236 e. The summed E-state index contributed by atoms with van der Waals surface area (Å²) in [6.07, 6.45) is 6.34. The van der Waals surface area contributed by atoms with E-state index in [0.29, 0.717) is 24.4 Å². The summed E-state index contributed by atoms with van der Waals surface area (Å²) in [5.41, 5.74) is 6.20. The summed E-state index contributed by atoms with van der Waals surface area (Å²) in [5.74, 6) is 1.83. The molecule has 0 bridgehead atoms. The minimum absolute atomic E-state index is 0.298. The van der Waals surface area contributed by atoms with Crippen LogP contribution < -0.4 is 5.73 Å². The van der Waals surface area contributed by atoms with Crippen LogP contribution in [0.3, 0.4) is 0 Å². The van der Waals surface area contributed by atoms with Crippen LogP contribution in [-0.4, -0.2) is 54.5 Å². The van der Waals surface area contributed by atoms with Crippen LogP contribution in [0.4, 0.5) is 0 Å². The molecule has 4 nitrogen and oxygen atoms in total. The molecular formula is C14H25N3O. The zero-order chi connectivity index (χ0) is 12.5. The number of nitrogens with two attached hydrogens (primary N) is 1. The molecule has 0 aromatic carbocycles. The number of rotatable bonds is 3. The molecule has 18 heavy (non-hydrogen) atoms. The summed E-state index contributed by atoms with van der Waals surface area (Å²) < 4.78 is 0. The van der Waals surface area contributed by atoms with Crippen molar-refractivity contribution in [3.05, 3.63) is 0 Å². The molecular weight excluding hydrogens is 226 g/mol. The van der Waals surface area contributed by atoms with Gasteiger partial charge in [0, 0.05) is 32.2 Å². The van der Waals surface area contributed by atoms with E-state index in [9.17, 15) is 4.79 Å². The van der Waals surface area contributed by atoms with Crippen LogP contribution in [0.1, 0.15) is 32.1 Å². The molecule has 0 unspecified atom stereocenters. The summed E-state index contributed by atoms with van der Waals surface area (Å²) >= 11 is 0. The average Bonchev–Trinajstić information content (AvgIpc) is 3.15. The SMILES string of the molecule is N[C@H]1CN(CC(=O)N2CCCCC2)C[C@@H]1C1CC1. The van der Waals surface area contributed by atoms with Crippen LogP contribution in [-0.2, 0) is 4.79 Å². The molecule has 1 amide bonds. The molecule has 1 aliphatic carbocycles. The number of piperidine rings is 1. The molecule has 1 saturated carbocycles. The van der Waals surface area contributed by atoms with E-state index in [1.54, 1.807) is 0 Å². The first kappa shape index (κ1) is 12.4.